The van der Waals surface area contributed by atoms with Crippen LogP contribution in [-0.4, -0.2) is 37.0 Å². The highest BCUT2D eigenvalue weighted by atomic mass is 32.2. The summed E-state index contributed by atoms with van der Waals surface area (Å²) in [5.41, 5.74) is 2.83. The van der Waals surface area contributed by atoms with Gasteiger partial charge in [0.15, 0.2) is 0 Å². The van der Waals surface area contributed by atoms with E-state index in [1.807, 2.05) is 29.7 Å². The van der Waals surface area contributed by atoms with Gasteiger partial charge in [-0.15, -0.1) is 0 Å². The van der Waals surface area contributed by atoms with Crippen molar-refractivity contribution in [2.45, 2.75) is 11.8 Å². The van der Waals surface area contributed by atoms with Crippen LogP contribution in [0.25, 0.3) is 17.0 Å². The lowest BCUT2D eigenvalue weighted by molar-refractivity contribution is 0.386. The first-order chi connectivity index (χ1) is 14.4. The molecule has 0 bridgehead atoms. The van der Waals surface area contributed by atoms with Crippen molar-refractivity contribution in [1.29, 1.82) is 0 Å². The molecule has 0 aliphatic carbocycles. The van der Waals surface area contributed by atoms with Gasteiger partial charge in [0.1, 0.15) is 16.4 Å². The predicted octanol–water partition coefficient (Wildman–Crippen LogP) is 3.52. The quantitative estimate of drug-likeness (QED) is 0.509. The third kappa shape index (κ3) is 3.55. The molecule has 0 amide bonds. The molecule has 0 aliphatic heterocycles. The van der Waals surface area contributed by atoms with E-state index in [9.17, 15) is 8.42 Å². The summed E-state index contributed by atoms with van der Waals surface area (Å²) in [7, 11) is -0.968. The lowest BCUT2D eigenvalue weighted by atomic mass is 10.1. The molecule has 0 spiro atoms. The second-order valence-electron chi connectivity index (χ2n) is 6.54. The van der Waals surface area contributed by atoms with Crippen LogP contribution in [-0.2, 0) is 10.0 Å². The van der Waals surface area contributed by atoms with Crippen molar-refractivity contribution in [2.75, 3.05) is 18.9 Å². The van der Waals surface area contributed by atoms with Gasteiger partial charge in [-0.1, -0.05) is 12.1 Å². The highest BCUT2D eigenvalue weighted by Gasteiger charge is 2.21. The molecular weight excluding hydrogens is 404 g/mol. The first kappa shape index (κ1) is 19.7. The number of nitrogens with one attached hydrogen (secondary N) is 1. The molecule has 0 atom stereocenters. The van der Waals surface area contributed by atoms with E-state index in [0.29, 0.717) is 17.2 Å². The highest BCUT2D eigenvalue weighted by Crippen LogP contribution is 2.31. The first-order valence-electron chi connectivity index (χ1n) is 9.08. The summed E-state index contributed by atoms with van der Waals surface area (Å²) in [5, 5.41) is 0. The summed E-state index contributed by atoms with van der Waals surface area (Å²) in [6.45, 7) is 1.94. The normalized spacial score (nSPS) is 11.4. The Morgan fingerprint density at radius 1 is 1.03 bits per heavy atom. The molecule has 4 rings (SSSR count). The zero-order valence-electron chi connectivity index (χ0n) is 16.7. The standard InChI is InChI=1S/C21H20N4O4S/c1-14-20(23-21-22-10-5-11-25(14)21)15-6-4-7-16(12-15)24-30(26,27)19-9-8-17(28-2)13-18(19)29-3/h4-13,24H,1-3H3. The minimum absolute atomic E-state index is 0.0179. The number of anilines is 1. The number of hydrogen-bond donors (Lipinski definition) is 1. The van der Waals surface area contributed by atoms with Crippen molar-refractivity contribution in [3.05, 3.63) is 66.6 Å². The van der Waals surface area contributed by atoms with E-state index in [1.165, 1.54) is 26.4 Å². The molecular formula is C21H20N4O4S. The zero-order chi connectivity index (χ0) is 21.3. The molecule has 2 heterocycles. The van der Waals surface area contributed by atoms with Gasteiger partial charge in [-0.25, -0.2) is 18.4 Å². The summed E-state index contributed by atoms with van der Waals surface area (Å²) < 4.78 is 40.8. The lowest BCUT2D eigenvalue weighted by Gasteiger charge is -2.13. The second kappa shape index (κ2) is 7.68. The summed E-state index contributed by atoms with van der Waals surface area (Å²) in [6, 6.07) is 13.4. The Morgan fingerprint density at radius 3 is 2.60 bits per heavy atom. The molecule has 0 saturated heterocycles. The Morgan fingerprint density at radius 2 is 1.87 bits per heavy atom. The average molecular weight is 424 g/mol. The van der Waals surface area contributed by atoms with Gasteiger partial charge >= 0.3 is 0 Å². The van der Waals surface area contributed by atoms with Gasteiger partial charge in [0.05, 0.1) is 19.9 Å². The monoisotopic (exact) mass is 424 g/mol. The SMILES string of the molecule is COc1ccc(S(=O)(=O)Nc2cccc(-c3nc4ncccn4c3C)c2)c(OC)c1. The largest absolute Gasteiger partial charge is 0.497 e. The number of aromatic nitrogens is 3. The average Bonchev–Trinajstić information content (AvgIpc) is 3.10. The molecule has 9 heteroatoms. The number of rotatable bonds is 6. The molecule has 0 radical (unpaired) electrons. The van der Waals surface area contributed by atoms with E-state index < -0.39 is 10.0 Å². The summed E-state index contributed by atoms with van der Waals surface area (Å²) >= 11 is 0. The van der Waals surface area contributed by atoms with E-state index in [0.717, 1.165) is 17.0 Å². The number of imidazole rings is 1. The number of ether oxygens (including phenoxy) is 2. The Kier molecular flexibility index (Phi) is 5.04. The Balaban J connectivity index is 1.70. The fourth-order valence-corrected chi connectivity index (χ4v) is 4.41. The van der Waals surface area contributed by atoms with Crippen molar-refractivity contribution in [2.24, 2.45) is 0 Å². The van der Waals surface area contributed by atoms with Gasteiger partial charge in [-0.2, -0.15) is 0 Å². The smallest absolute Gasteiger partial charge is 0.265 e. The Bertz CT molecular complexity index is 1330. The highest BCUT2D eigenvalue weighted by molar-refractivity contribution is 7.92. The number of benzene rings is 2. The summed E-state index contributed by atoms with van der Waals surface area (Å²) in [5.74, 6) is 1.28. The van der Waals surface area contributed by atoms with Crippen LogP contribution in [0.1, 0.15) is 5.69 Å². The molecule has 1 N–H and O–H groups in total. The van der Waals surface area contributed by atoms with Crippen molar-refractivity contribution in [3.63, 3.8) is 0 Å². The van der Waals surface area contributed by atoms with Gasteiger partial charge < -0.3 is 9.47 Å². The van der Waals surface area contributed by atoms with Gasteiger partial charge in [0.25, 0.3) is 10.0 Å². The predicted molar refractivity (Wildman–Crippen MR) is 114 cm³/mol. The Hall–Kier alpha value is -3.59. The fraction of sp³-hybridized carbons (Fsp3) is 0.143. The molecule has 154 valence electrons. The van der Waals surface area contributed by atoms with E-state index >= 15 is 0 Å². The van der Waals surface area contributed by atoms with Crippen LogP contribution >= 0.6 is 0 Å². The maximum atomic E-state index is 13.0. The number of nitrogens with zero attached hydrogens (tertiary/aromatic N) is 3. The zero-order valence-corrected chi connectivity index (χ0v) is 17.5. The van der Waals surface area contributed by atoms with Gasteiger partial charge in [0, 0.05) is 35.4 Å². The van der Waals surface area contributed by atoms with Crippen LogP contribution in [0.4, 0.5) is 5.69 Å². The fourth-order valence-electron chi connectivity index (χ4n) is 3.21. The third-order valence-corrected chi connectivity index (χ3v) is 6.11. The maximum Gasteiger partial charge on any atom is 0.265 e. The van der Waals surface area contributed by atoms with Gasteiger partial charge in [-0.05, 0) is 37.3 Å². The minimum Gasteiger partial charge on any atom is -0.497 e. The van der Waals surface area contributed by atoms with Crippen LogP contribution in [0.3, 0.4) is 0 Å². The molecule has 0 aliphatic rings. The Labute approximate surface area is 174 Å². The number of sulfonamides is 1. The lowest BCUT2D eigenvalue weighted by Crippen LogP contribution is -2.14. The molecule has 8 nitrogen and oxygen atoms in total. The molecule has 30 heavy (non-hydrogen) atoms. The number of hydrogen-bond acceptors (Lipinski definition) is 6. The topological polar surface area (TPSA) is 94.8 Å². The molecule has 2 aromatic carbocycles. The molecule has 0 saturated carbocycles. The van der Waals surface area contributed by atoms with E-state index in [2.05, 4.69) is 14.7 Å². The molecule has 2 aromatic heterocycles. The molecule has 0 unspecified atom stereocenters. The van der Waals surface area contributed by atoms with Crippen LogP contribution < -0.4 is 14.2 Å². The van der Waals surface area contributed by atoms with Crippen molar-refractivity contribution < 1.29 is 17.9 Å². The summed E-state index contributed by atoms with van der Waals surface area (Å²) in [4.78, 5) is 8.84. The maximum absolute atomic E-state index is 13.0. The van der Waals surface area contributed by atoms with Gasteiger partial charge in [0.2, 0.25) is 5.78 Å². The summed E-state index contributed by atoms with van der Waals surface area (Å²) in [6.07, 6.45) is 3.56. The van der Waals surface area contributed by atoms with E-state index in [1.54, 1.807) is 30.5 Å². The number of aryl methyl sites for hydroxylation is 1. The van der Waals surface area contributed by atoms with E-state index in [-0.39, 0.29) is 10.6 Å². The van der Waals surface area contributed by atoms with Crippen molar-refractivity contribution in [3.8, 4) is 22.8 Å². The van der Waals surface area contributed by atoms with Crippen LogP contribution in [0.15, 0.2) is 65.8 Å². The molecule has 0 fully saturated rings. The first-order valence-corrected chi connectivity index (χ1v) is 10.6. The molecule has 4 aromatic rings. The van der Waals surface area contributed by atoms with E-state index in [4.69, 9.17) is 9.47 Å². The van der Waals surface area contributed by atoms with Crippen LogP contribution in [0.5, 0.6) is 11.5 Å². The second-order valence-corrected chi connectivity index (χ2v) is 8.19. The number of fused-ring (bicyclic) bond motifs is 1. The van der Waals surface area contributed by atoms with Crippen molar-refractivity contribution in [1.82, 2.24) is 14.4 Å². The minimum atomic E-state index is -3.88. The number of methoxy groups -OCH3 is 2. The van der Waals surface area contributed by atoms with Crippen molar-refractivity contribution >= 4 is 21.5 Å². The van der Waals surface area contributed by atoms with Gasteiger partial charge in [-0.3, -0.25) is 9.12 Å². The van der Waals surface area contributed by atoms with Crippen LogP contribution in [0.2, 0.25) is 0 Å². The van der Waals surface area contributed by atoms with Crippen LogP contribution in [0, 0.1) is 6.92 Å². The third-order valence-electron chi connectivity index (χ3n) is 4.69.